The molecule has 1 saturated carbocycles. The molecule has 0 saturated heterocycles. The van der Waals surface area contributed by atoms with Crippen LogP contribution >= 0.6 is 0 Å². The van der Waals surface area contributed by atoms with E-state index in [1.807, 2.05) is 18.3 Å². The van der Waals surface area contributed by atoms with Gasteiger partial charge in [-0.2, -0.15) is 4.90 Å². The molecule has 9 heteroatoms. The minimum atomic E-state index is -0.865. The molecule has 2 atom stereocenters. The van der Waals surface area contributed by atoms with Gasteiger partial charge in [-0.1, -0.05) is 0 Å². The topological polar surface area (TPSA) is 100.0 Å². The second-order valence-corrected chi connectivity index (χ2v) is 10.3. The highest BCUT2D eigenvalue weighted by atomic mass is 16.6. The summed E-state index contributed by atoms with van der Waals surface area (Å²) in [7, 11) is 1.40. The summed E-state index contributed by atoms with van der Waals surface area (Å²) >= 11 is 0. The molecular weight excluding hydrogens is 426 g/mol. The van der Waals surface area contributed by atoms with Gasteiger partial charge in [-0.25, -0.2) is 14.6 Å². The van der Waals surface area contributed by atoms with E-state index in [1.165, 1.54) is 7.11 Å². The van der Waals surface area contributed by atoms with Crippen molar-refractivity contribution in [3.05, 3.63) is 24.5 Å². The zero-order valence-corrected chi connectivity index (χ0v) is 20.4. The highest BCUT2D eigenvalue weighted by Gasteiger charge is 2.36. The first kappa shape index (κ1) is 24.5. The predicted molar refractivity (Wildman–Crippen MR) is 123 cm³/mol. The Morgan fingerprint density at radius 3 is 2.15 bits per heavy atom. The standard InChI is InChI=1S/C24H33N3O6/c1-23(2,3)32-21(29)27(22(30)33-24(4,5)6)19-17-11-13-26(18(17)10-12-25-19)16-9-8-15(14-16)20(28)31-7/h10-13,15-16H,8-9,14H2,1-7H3/t15-,16-/m1/s1. The number of carbonyl (C=O) groups is 3. The molecule has 180 valence electrons. The second kappa shape index (κ2) is 9.03. The Kier molecular flexibility index (Phi) is 6.72. The molecule has 0 spiro atoms. The molecule has 33 heavy (non-hydrogen) atoms. The number of carbonyl (C=O) groups excluding carboxylic acids is 3. The average Bonchev–Trinajstić information content (AvgIpc) is 3.32. The Labute approximate surface area is 194 Å². The van der Waals surface area contributed by atoms with E-state index in [-0.39, 0.29) is 23.7 Å². The SMILES string of the molecule is COC(=O)[C@@H]1CC[C@@H](n2ccc3c(N(C(=O)OC(C)(C)C)C(=O)OC(C)(C)C)nccc32)C1. The third-order valence-corrected chi connectivity index (χ3v) is 5.32. The molecule has 0 aromatic carbocycles. The normalized spacial score (nSPS) is 18.8. The summed E-state index contributed by atoms with van der Waals surface area (Å²) in [6.45, 7) is 10.3. The van der Waals surface area contributed by atoms with Crippen molar-refractivity contribution in [1.29, 1.82) is 0 Å². The quantitative estimate of drug-likeness (QED) is 0.458. The van der Waals surface area contributed by atoms with Crippen LogP contribution in [0.15, 0.2) is 24.5 Å². The van der Waals surface area contributed by atoms with Crippen LogP contribution in [-0.4, -0.2) is 46.0 Å². The Bertz CT molecular complexity index is 1020. The molecule has 2 aromatic rings. The van der Waals surface area contributed by atoms with E-state index in [0.29, 0.717) is 11.8 Å². The Morgan fingerprint density at radius 2 is 1.61 bits per heavy atom. The van der Waals surface area contributed by atoms with Gasteiger partial charge in [0.15, 0.2) is 5.82 Å². The van der Waals surface area contributed by atoms with E-state index in [1.54, 1.807) is 47.7 Å². The van der Waals surface area contributed by atoms with Crippen LogP contribution in [0.2, 0.25) is 0 Å². The number of pyridine rings is 1. The molecule has 1 aliphatic rings. The lowest BCUT2D eigenvalue weighted by atomic mass is 10.1. The zero-order valence-electron chi connectivity index (χ0n) is 20.4. The van der Waals surface area contributed by atoms with E-state index >= 15 is 0 Å². The number of hydrogen-bond donors (Lipinski definition) is 0. The molecule has 3 rings (SSSR count). The zero-order chi connectivity index (χ0) is 24.6. The van der Waals surface area contributed by atoms with Gasteiger partial charge in [-0.05, 0) is 72.9 Å². The van der Waals surface area contributed by atoms with Crippen LogP contribution in [0.25, 0.3) is 10.9 Å². The first-order chi connectivity index (χ1) is 15.3. The van der Waals surface area contributed by atoms with Crippen LogP contribution < -0.4 is 4.90 Å². The lowest BCUT2D eigenvalue weighted by Crippen LogP contribution is -2.44. The lowest BCUT2D eigenvalue weighted by Gasteiger charge is -2.28. The van der Waals surface area contributed by atoms with Crippen LogP contribution in [0.1, 0.15) is 66.8 Å². The van der Waals surface area contributed by atoms with Gasteiger partial charge in [-0.15, -0.1) is 0 Å². The van der Waals surface area contributed by atoms with Crippen molar-refractivity contribution in [1.82, 2.24) is 9.55 Å². The number of rotatable bonds is 3. The molecule has 1 fully saturated rings. The minimum absolute atomic E-state index is 0.0957. The first-order valence-corrected chi connectivity index (χ1v) is 11.1. The summed E-state index contributed by atoms with van der Waals surface area (Å²) in [6, 6.07) is 3.73. The monoisotopic (exact) mass is 459 g/mol. The van der Waals surface area contributed by atoms with Crippen LogP contribution in [0.4, 0.5) is 15.4 Å². The summed E-state index contributed by atoms with van der Waals surface area (Å²) in [5, 5.41) is 0.607. The van der Waals surface area contributed by atoms with Gasteiger partial charge in [0, 0.05) is 23.8 Å². The van der Waals surface area contributed by atoms with Gasteiger partial charge >= 0.3 is 18.2 Å². The number of ether oxygens (including phenoxy) is 3. The van der Waals surface area contributed by atoms with Crippen molar-refractivity contribution >= 4 is 34.9 Å². The van der Waals surface area contributed by atoms with Gasteiger partial charge < -0.3 is 18.8 Å². The Balaban J connectivity index is 2.01. The van der Waals surface area contributed by atoms with Crippen LogP contribution in [-0.2, 0) is 19.0 Å². The van der Waals surface area contributed by atoms with Gasteiger partial charge in [0.1, 0.15) is 11.2 Å². The summed E-state index contributed by atoms with van der Waals surface area (Å²) < 4.78 is 17.9. The van der Waals surface area contributed by atoms with Gasteiger partial charge in [-0.3, -0.25) is 4.79 Å². The molecule has 2 heterocycles. The lowest BCUT2D eigenvalue weighted by molar-refractivity contribution is -0.145. The Hall–Kier alpha value is -3.10. The second-order valence-electron chi connectivity index (χ2n) is 10.3. The van der Waals surface area contributed by atoms with Crippen molar-refractivity contribution in [3.63, 3.8) is 0 Å². The van der Waals surface area contributed by atoms with Crippen molar-refractivity contribution < 1.29 is 28.6 Å². The fraction of sp³-hybridized carbons (Fsp3) is 0.583. The molecule has 0 aliphatic heterocycles. The van der Waals surface area contributed by atoms with Crippen LogP contribution in [0.5, 0.6) is 0 Å². The number of methoxy groups -OCH3 is 1. The third-order valence-electron chi connectivity index (χ3n) is 5.32. The van der Waals surface area contributed by atoms with E-state index in [4.69, 9.17) is 14.2 Å². The molecule has 0 unspecified atom stereocenters. The predicted octanol–water partition coefficient (Wildman–Crippen LogP) is 5.23. The van der Waals surface area contributed by atoms with Crippen LogP contribution in [0.3, 0.4) is 0 Å². The maximum absolute atomic E-state index is 13.0. The van der Waals surface area contributed by atoms with Crippen molar-refractivity contribution in [2.24, 2.45) is 5.92 Å². The highest BCUT2D eigenvalue weighted by molar-refractivity contribution is 6.13. The van der Waals surface area contributed by atoms with Crippen molar-refractivity contribution in [2.45, 2.75) is 78.0 Å². The smallest absolute Gasteiger partial charge is 0.425 e. The molecule has 2 aromatic heterocycles. The molecule has 0 N–H and O–H groups in total. The molecule has 9 nitrogen and oxygen atoms in total. The third kappa shape index (κ3) is 5.64. The highest BCUT2D eigenvalue weighted by Crippen LogP contribution is 2.38. The maximum Gasteiger partial charge on any atom is 0.425 e. The molecule has 0 radical (unpaired) electrons. The molecular formula is C24H33N3O6. The number of amides is 2. The average molecular weight is 460 g/mol. The minimum Gasteiger partial charge on any atom is -0.469 e. The van der Waals surface area contributed by atoms with Crippen molar-refractivity contribution in [3.8, 4) is 0 Å². The number of hydrogen-bond acceptors (Lipinski definition) is 7. The van der Waals surface area contributed by atoms with Gasteiger partial charge in [0.2, 0.25) is 0 Å². The van der Waals surface area contributed by atoms with Gasteiger partial charge in [0.25, 0.3) is 0 Å². The van der Waals surface area contributed by atoms with Crippen LogP contribution in [0, 0.1) is 5.92 Å². The first-order valence-electron chi connectivity index (χ1n) is 11.1. The number of anilines is 1. The summed E-state index contributed by atoms with van der Waals surface area (Å²) in [5.41, 5.74) is -0.832. The molecule has 1 aliphatic carbocycles. The number of esters is 1. The number of nitrogens with zero attached hydrogens (tertiary/aromatic N) is 3. The molecule has 2 amide bonds. The number of fused-ring (bicyclic) bond motifs is 1. The van der Waals surface area contributed by atoms with Gasteiger partial charge in [0.05, 0.1) is 18.5 Å². The fourth-order valence-corrected chi connectivity index (χ4v) is 4.02. The van der Waals surface area contributed by atoms with Crippen molar-refractivity contribution in [2.75, 3.05) is 12.0 Å². The van der Waals surface area contributed by atoms with E-state index in [0.717, 1.165) is 23.3 Å². The maximum atomic E-state index is 13.0. The van der Waals surface area contributed by atoms with E-state index in [9.17, 15) is 14.4 Å². The van der Waals surface area contributed by atoms with E-state index in [2.05, 4.69) is 9.55 Å². The number of imide groups is 1. The summed E-state index contributed by atoms with van der Waals surface area (Å²) in [4.78, 5) is 43.2. The summed E-state index contributed by atoms with van der Waals surface area (Å²) in [5.74, 6) is -0.201. The Morgan fingerprint density at radius 1 is 1.00 bits per heavy atom. The van der Waals surface area contributed by atoms with E-state index < -0.39 is 23.4 Å². The fourth-order valence-electron chi connectivity index (χ4n) is 4.02. The summed E-state index contributed by atoms with van der Waals surface area (Å²) in [6.07, 6.45) is 3.94. The molecule has 0 bridgehead atoms. The number of aromatic nitrogens is 2. The largest absolute Gasteiger partial charge is 0.469 e.